The van der Waals surface area contributed by atoms with Gasteiger partial charge in [-0.2, -0.15) is 0 Å². The zero-order valence-electron chi connectivity index (χ0n) is 10.5. The largest absolute Gasteiger partial charge is 0.394 e. The Morgan fingerprint density at radius 2 is 2.00 bits per heavy atom. The number of nitrogens with zero attached hydrogens (tertiary/aromatic N) is 1. The highest BCUT2D eigenvalue weighted by atomic mass is 16.5. The average Bonchev–Trinajstić information content (AvgIpc) is 2.37. The van der Waals surface area contributed by atoms with Crippen molar-refractivity contribution >= 4 is 5.91 Å². The maximum absolute atomic E-state index is 12.0. The summed E-state index contributed by atoms with van der Waals surface area (Å²) in [4.78, 5) is 13.5. The normalized spacial score (nSPS) is 12.2. The number of carbonyl (C=O) groups excluding carboxylic acids is 1. The van der Waals surface area contributed by atoms with E-state index in [1.807, 2.05) is 12.1 Å². The summed E-state index contributed by atoms with van der Waals surface area (Å²) in [6.45, 7) is 2.30. The van der Waals surface area contributed by atoms with Gasteiger partial charge in [0.05, 0.1) is 19.3 Å². The van der Waals surface area contributed by atoms with Gasteiger partial charge in [0.2, 0.25) is 0 Å². The van der Waals surface area contributed by atoms with Gasteiger partial charge in [-0.15, -0.1) is 0 Å². The van der Waals surface area contributed by atoms with Gasteiger partial charge < -0.3 is 14.7 Å². The number of aliphatic hydroxyl groups is 1. The smallest absolute Gasteiger partial charge is 0.253 e. The zero-order valence-corrected chi connectivity index (χ0v) is 10.5. The molecule has 0 fully saturated rings. The van der Waals surface area contributed by atoms with Gasteiger partial charge in [-0.25, -0.2) is 0 Å². The Bertz CT molecular complexity index is 361. The van der Waals surface area contributed by atoms with E-state index < -0.39 is 0 Å². The molecule has 1 N–H and O–H groups in total. The minimum Gasteiger partial charge on any atom is -0.394 e. The van der Waals surface area contributed by atoms with Crippen molar-refractivity contribution in [2.75, 3.05) is 20.8 Å². The Balaban J connectivity index is 2.75. The van der Waals surface area contributed by atoms with Crippen molar-refractivity contribution in [3.05, 3.63) is 35.4 Å². The fraction of sp³-hybridized carbons (Fsp3) is 0.462. The van der Waals surface area contributed by atoms with Crippen LogP contribution in [0.5, 0.6) is 0 Å². The summed E-state index contributed by atoms with van der Waals surface area (Å²) in [7, 11) is 3.32. The molecule has 4 nitrogen and oxygen atoms in total. The van der Waals surface area contributed by atoms with Gasteiger partial charge in [0.1, 0.15) is 0 Å². The molecule has 1 amide bonds. The van der Waals surface area contributed by atoms with Crippen molar-refractivity contribution in [2.45, 2.75) is 19.6 Å². The van der Waals surface area contributed by atoms with Gasteiger partial charge in [-0.3, -0.25) is 4.79 Å². The van der Waals surface area contributed by atoms with E-state index in [2.05, 4.69) is 0 Å². The van der Waals surface area contributed by atoms with Crippen LogP contribution in [0, 0.1) is 0 Å². The van der Waals surface area contributed by atoms with Crippen molar-refractivity contribution in [1.29, 1.82) is 0 Å². The van der Waals surface area contributed by atoms with E-state index >= 15 is 0 Å². The highest BCUT2D eigenvalue weighted by molar-refractivity contribution is 5.94. The van der Waals surface area contributed by atoms with Crippen LogP contribution in [0.3, 0.4) is 0 Å². The first-order valence-electron chi connectivity index (χ1n) is 5.56. The molecule has 0 aliphatic carbocycles. The molecule has 1 aromatic rings. The number of aliphatic hydroxyl groups excluding tert-OH is 1. The first-order chi connectivity index (χ1) is 8.10. The lowest BCUT2D eigenvalue weighted by molar-refractivity contribution is 0.0682. The van der Waals surface area contributed by atoms with Crippen molar-refractivity contribution in [2.24, 2.45) is 0 Å². The molecule has 0 heterocycles. The fourth-order valence-electron chi connectivity index (χ4n) is 1.44. The lowest BCUT2D eigenvalue weighted by atomic mass is 10.1. The molecule has 4 heteroatoms. The third kappa shape index (κ3) is 3.54. The van der Waals surface area contributed by atoms with E-state index in [0.29, 0.717) is 12.2 Å². The maximum atomic E-state index is 12.0. The SMILES string of the molecule is COCc1ccc(C(=O)N(C)C(C)CO)cc1. The number of amides is 1. The molecule has 0 spiro atoms. The van der Waals surface area contributed by atoms with E-state index in [-0.39, 0.29) is 18.6 Å². The van der Waals surface area contributed by atoms with Gasteiger partial charge in [0.15, 0.2) is 0 Å². The predicted octanol–water partition coefficient (Wildman–Crippen LogP) is 1.29. The Labute approximate surface area is 102 Å². The van der Waals surface area contributed by atoms with E-state index in [1.165, 1.54) is 4.90 Å². The van der Waals surface area contributed by atoms with Gasteiger partial charge in [-0.1, -0.05) is 12.1 Å². The molecule has 17 heavy (non-hydrogen) atoms. The summed E-state index contributed by atoms with van der Waals surface area (Å²) in [6, 6.07) is 7.11. The first-order valence-corrected chi connectivity index (χ1v) is 5.56. The Hall–Kier alpha value is -1.39. The standard InChI is InChI=1S/C13H19NO3/c1-10(8-15)14(2)13(16)12-6-4-11(5-7-12)9-17-3/h4-7,10,15H,8-9H2,1-3H3. The minimum absolute atomic E-state index is 0.0377. The molecule has 0 aliphatic heterocycles. The van der Waals surface area contributed by atoms with Gasteiger partial charge >= 0.3 is 0 Å². The second kappa shape index (κ2) is 6.37. The molecular formula is C13H19NO3. The molecule has 1 rings (SSSR count). The molecule has 0 radical (unpaired) electrons. The highest BCUT2D eigenvalue weighted by Gasteiger charge is 2.16. The Morgan fingerprint density at radius 1 is 1.41 bits per heavy atom. The second-order valence-electron chi connectivity index (χ2n) is 4.08. The first kappa shape index (κ1) is 13.7. The topological polar surface area (TPSA) is 49.8 Å². The van der Waals surface area contributed by atoms with Crippen LogP contribution in [0.1, 0.15) is 22.8 Å². The Kier molecular flexibility index (Phi) is 5.12. The second-order valence-corrected chi connectivity index (χ2v) is 4.08. The monoisotopic (exact) mass is 237 g/mol. The van der Waals surface area contributed by atoms with Gasteiger partial charge in [0, 0.05) is 19.7 Å². The van der Waals surface area contributed by atoms with Crippen LogP contribution in [0.4, 0.5) is 0 Å². The lowest BCUT2D eigenvalue weighted by Crippen LogP contribution is -2.37. The van der Waals surface area contributed by atoms with Crippen LogP contribution in [0.25, 0.3) is 0 Å². The molecule has 1 atom stereocenters. The van der Waals surface area contributed by atoms with Crippen molar-refractivity contribution < 1.29 is 14.6 Å². The van der Waals surface area contributed by atoms with Crippen LogP contribution < -0.4 is 0 Å². The number of methoxy groups -OCH3 is 1. The third-order valence-electron chi connectivity index (χ3n) is 2.76. The van der Waals surface area contributed by atoms with E-state index in [0.717, 1.165) is 5.56 Å². The number of hydrogen-bond acceptors (Lipinski definition) is 3. The molecule has 0 saturated heterocycles. The number of carbonyl (C=O) groups is 1. The van der Waals surface area contributed by atoms with Gasteiger partial charge in [-0.05, 0) is 24.6 Å². The lowest BCUT2D eigenvalue weighted by Gasteiger charge is -2.23. The molecule has 1 unspecified atom stereocenters. The summed E-state index contributed by atoms with van der Waals surface area (Å²) in [6.07, 6.45) is 0. The van der Waals surface area contributed by atoms with E-state index in [1.54, 1.807) is 33.2 Å². The van der Waals surface area contributed by atoms with E-state index in [4.69, 9.17) is 9.84 Å². The minimum atomic E-state index is -0.179. The third-order valence-corrected chi connectivity index (χ3v) is 2.76. The molecule has 0 aliphatic rings. The van der Waals surface area contributed by atoms with Crippen molar-refractivity contribution in [1.82, 2.24) is 4.90 Å². The summed E-state index contributed by atoms with van der Waals surface area (Å²) >= 11 is 0. The summed E-state index contributed by atoms with van der Waals surface area (Å²) < 4.78 is 5.00. The predicted molar refractivity (Wildman–Crippen MR) is 65.8 cm³/mol. The molecule has 94 valence electrons. The highest BCUT2D eigenvalue weighted by Crippen LogP contribution is 2.09. The number of ether oxygens (including phenoxy) is 1. The number of benzene rings is 1. The van der Waals surface area contributed by atoms with Crippen molar-refractivity contribution in [3.8, 4) is 0 Å². The van der Waals surface area contributed by atoms with Crippen LogP contribution in [-0.2, 0) is 11.3 Å². The van der Waals surface area contributed by atoms with Gasteiger partial charge in [0.25, 0.3) is 5.91 Å². The quantitative estimate of drug-likeness (QED) is 0.839. The molecule has 0 aromatic heterocycles. The van der Waals surface area contributed by atoms with Crippen LogP contribution in [-0.4, -0.2) is 42.7 Å². The molecular weight excluding hydrogens is 218 g/mol. The maximum Gasteiger partial charge on any atom is 0.253 e. The number of likely N-dealkylation sites (N-methyl/N-ethyl adjacent to an activating group) is 1. The summed E-state index contributed by atoms with van der Waals surface area (Å²) in [5, 5.41) is 9.00. The molecule has 0 bridgehead atoms. The molecule has 1 aromatic carbocycles. The van der Waals surface area contributed by atoms with E-state index in [9.17, 15) is 4.79 Å². The average molecular weight is 237 g/mol. The van der Waals surface area contributed by atoms with Crippen LogP contribution in [0.2, 0.25) is 0 Å². The van der Waals surface area contributed by atoms with Crippen molar-refractivity contribution in [3.63, 3.8) is 0 Å². The summed E-state index contributed by atoms with van der Waals surface area (Å²) in [5.74, 6) is -0.0875. The van der Waals surface area contributed by atoms with Crippen LogP contribution in [0.15, 0.2) is 24.3 Å². The zero-order chi connectivity index (χ0) is 12.8. The number of rotatable bonds is 5. The van der Waals surface area contributed by atoms with Crippen LogP contribution >= 0.6 is 0 Å². The fourth-order valence-corrected chi connectivity index (χ4v) is 1.44. The summed E-state index contributed by atoms with van der Waals surface area (Å²) in [5.41, 5.74) is 1.65. The Morgan fingerprint density at radius 3 is 2.47 bits per heavy atom. The molecule has 0 saturated carbocycles. The number of hydrogen-bond donors (Lipinski definition) is 1.